The van der Waals surface area contributed by atoms with Gasteiger partial charge < -0.3 is 0 Å². The van der Waals surface area contributed by atoms with E-state index in [1.165, 1.54) is 36.4 Å². The Morgan fingerprint density at radius 2 is 1.75 bits per heavy atom. The van der Waals surface area contributed by atoms with E-state index in [0.29, 0.717) is 5.56 Å². The highest BCUT2D eigenvalue weighted by Gasteiger charge is 2.11. The Bertz CT molecular complexity index is 535. The van der Waals surface area contributed by atoms with Gasteiger partial charge in [-0.25, -0.2) is 8.78 Å². The summed E-state index contributed by atoms with van der Waals surface area (Å²) in [5.41, 5.74) is 0.499. The van der Waals surface area contributed by atoms with Crippen molar-refractivity contribution in [2.75, 3.05) is 0 Å². The van der Waals surface area contributed by atoms with Gasteiger partial charge in [0.1, 0.15) is 11.6 Å². The molecule has 0 aromatic heterocycles. The maximum Gasteiger partial charge on any atom is 0.234 e. The zero-order valence-corrected chi connectivity index (χ0v) is 8.21. The zero-order chi connectivity index (χ0) is 11.5. The van der Waals surface area contributed by atoms with E-state index in [9.17, 15) is 13.6 Å². The van der Waals surface area contributed by atoms with Crippen molar-refractivity contribution in [2.24, 2.45) is 0 Å². The Balaban J connectivity index is 2.67. The van der Waals surface area contributed by atoms with E-state index in [1.54, 1.807) is 12.4 Å². The second-order valence-electron chi connectivity index (χ2n) is 3.27. The molecular formula is C13H7F2O. The van der Waals surface area contributed by atoms with Crippen LogP contribution in [0.3, 0.4) is 0 Å². The van der Waals surface area contributed by atoms with Crippen LogP contribution in [0.5, 0.6) is 0 Å². The van der Waals surface area contributed by atoms with Crippen molar-refractivity contribution in [1.29, 1.82) is 0 Å². The molecular weight excluding hydrogens is 210 g/mol. The first-order valence-corrected chi connectivity index (χ1v) is 4.65. The van der Waals surface area contributed by atoms with Gasteiger partial charge in [0.05, 0.1) is 0 Å². The number of rotatable bonds is 2. The minimum atomic E-state index is -0.563. The van der Waals surface area contributed by atoms with Crippen molar-refractivity contribution < 1.29 is 13.6 Å². The highest BCUT2D eigenvalue weighted by molar-refractivity contribution is 5.88. The lowest BCUT2D eigenvalue weighted by atomic mass is 10.00. The van der Waals surface area contributed by atoms with Crippen LogP contribution < -0.4 is 0 Å². The van der Waals surface area contributed by atoms with E-state index in [-0.39, 0.29) is 11.1 Å². The highest BCUT2D eigenvalue weighted by atomic mass is 19.1. The minimum absolute atomic E-state index is 0.0806. The molecule has 0 fully saturated rings. The molecule has 0 unspecified atom stereocenters. The molecule has 0 aliphatic heterocycles. The smallest absolute Gasteiger partial charge is 0.234 e. The third-order valence-corrected chi connectivity index (χ3v) is 2.24. The fraction of sp³-hybridized carbons (Fsp3) is 0. The van der Waals surface area contributed by atoms with Gasteiger partial charge in [-0.2, -0.15) is 0 Å². The summed E-state index contributed by atoms with van der Waals surface area (Å²) < 4.78 is 26.6. The van der Waals surface area contributed by atoms with E-state index >= 15 is 0 Å². The van der Waals surface area contributed by atoms with Crippen LogP contribution >= 0.6 is 0 Å². The van der Waals surface area contributed by atoms with Gasteiger partial charge >= 0.3 is 0 Å². The first-order chi connectivity index (χ1) is 7.72. The minimum Gasteiger partial charge on any atom is -0.285 e. The van der Waals surface area contributed by atoms with Gasteiger partial charge in [0, 0.05) is 11.1 Å². The molecule has 0 heterocycles. The number of hydrogen-bond donors (Lipinski definition) is 0. The molecule has 0 atom stereocenters. The first-order valence-electron chi connectivity index (χ1n) is 4.65. The van der Waals surface area contributed by atoms with Crippen molar-refractivity contribution in [3.8, 4) is 11.1 Å². The van der Waals surface area contributed by atoms with E-state index in [2.05, 4.69) is 0 Å². The Morgan fingerprint density at radius 1 is 1.00 bits per heavy atom. The summed E-state index contributed by atoms with van der Waals surface area (Å²) in [4.78, 5) is 10.7. The number of benzene rings is 2. The average Bonchev–Trinajstić information content (AvgIpc) is 2.28. The predicted octanol–water partition coefficient (Wildman–Crippen LogP) is 3.09. The molecule has 0 aliphatic rings. The Morgan fingerprint density at radius 3 is 2.44 bits per heavy atom. The average molecular weight is 217 g/mol. The molecule has 0 amide bonds. The summed E-state index contributed by atoms with van der Waals surface area (Å²) in [7, 11) is 0. The van der Waals surface area contributed by atoms with Crippen LogP contribution in [0, 0.1) is 11.6 Å². The van der Waals surface area contributed by atoms with Crippen LogP contribution in [0.4, 0.5) is 8.78 Å². The summed E-state index contributed by atoms with van der Waals surface area (Å²) in [6.45, 7) is 0. The van der Waals surface area contributed by atoms with Crippen molar-refractivity contribution in [3.63, 3.8) is 0 Å². The lowest BCUT2D eigenvalue weighted by Gasteiger charge is -2.05. The molecule has 3 heteroatoms. The third kappa shape index (κ3) is 1.84. The predicted molar refractivity (Wildman–Crippen MR) is 56.6 cm³/mol. The first kappa shape index (κ1) is 10.5. The summed E-state index contributed by atoms with van der Waals surface area (Å²) in [6.07, 6.45) is 1.64. The van der Waals surface area contributed by atoms with Gasteiger partial charge in [-0.1, -0.05) is 24.3 Å². The molecule has 2 rings (SSSR count). The number of carbonyl (C=O) groups excluding carboxylic acids is 1. The molecule has 0 aliphatic carbocycles. The second-order valence-corrected chi connectivity index (χ2v) is 3.27. The van der Waals surface area contributed by atoms with E-state index in [1.807, 2.05) is 0 Å². The maximum atomic E-state index is 13.6. The largest absolute Gasteiger partial charge is 0.285 e. The third-order valence-electron chi connectivity index (χ3n) is 2.24. The summed E-state index contributed by atoms with van der Waals surface area (Å²) >= 11 is 0. The van der Waals surface area contributed by atoms with Crippen LogP contribution in [0.25, 0.3) is 11.1 Å². The lowest BCUT2D eigenvalue weighted by Crippen LogP contribution is -1.92. The van der Waals surface area contributed by atoms with E-state index in [4.69, 9.17) is 0 Å². The fourth-order valence-corrected chi connectivity index (χ4v) is 1.55. The van der Waals surface area contributed by atoms with Crippen LogP contribution in [-0.2, 0) is 4.79 Å². The Kier molecular flexibility index (Phi) is 2.77. The van der Waals surface area contributed by atoms with Gasteiger partial charge in [0.25, 0.3) is 0 Å². The highest BCUT2D eigenvalue weighted by Crippen LogP contribution is 2.26. The quantitative estimate of drug-likeness (QED) is 0.755. The van der Waals surface area contributed by atoms with Crippen LogP contribution in [0.15, 0.2) is 42.5 Å². The SMILES string of the molecule is O=[C]c1cccc(F)c1-c1cccc(F)c1. The van der Waals surface area contributed by atoms with Gasteiger partial charge in [-0.3, -0.25) is 4.79 Å². The normalized spacial score (nSPS) is 10.1. The molecule has 0 saturated heterocycles. The van der Waals surface area contributed by atoms with Crippen molar-refractivity contribution in [3.05, 3.63) is 59.7 Å². The van der Waals surface area contributed by atoms with Crippen LogP contribution in [0.1, 0.15) is 5.56 Å². The maximum absolute atomic E-state index is 13.6. The van der Waals surface area contributed by atoms with E-state index in [0.717, 1.165) is 0 Å². The lowest BCUT2D eigenvalue weighted by molar-refractivity contribution is 0.562. The molecule has 16 heavy (non-hydrogen) atoms. The summed E-state index contributed by atoms with van der Waals surface area (Å²) in [5.74, 6) is -1.04. The zero-order valence-electron chi connectivity index (χ0n) is 8.21. The van der Waals surface area contributed by atoms with Gasteiger partial charge in [0.15, 0.2) is 0 Å². The molecule has 0 spiro atoms. The second kappa shape index (κ2) is 4.23. The standard InChI is InChI=1S/C13H7F2O/c14-11-5-1-3-9(7-11)13-10(8-16)4-2-6-12(13)15/h1-7H. The molecule has 2 aromatic carbocycles. The van der Waals surface area contributed by atoms with Gasteiger partial charge in [0.2, 0.25) is 6.29 Å². The molecule has 0 bridgehead atoms. The summed E-state index contributed by atoms with van der Waals surface area (Å²) in [6, 6.07) is 9.53. The monoisotopic (exact) mass is 217 g/mol. The molecule has 2 aromatic rings. The topological polar surface area (TPSA) is 17.1 Å². The number of halogens is 2. The molecule has 0 N–H and O–H groups in total. The molecule has 79 valence electrons. The summed E-state index contributed by atoms with van der Waals surface area (Å²) in [5, 5.41) is 0. The van der Waals surface area contributed by atoms with Crippen molar-refractivity contribution >= 4 is 6.29 Å². The van der Waals surface area contributed by atoms with Gasteiger partial charge in [-0.15, -0.1) is 0 Å². The van der Waals surface area contributed by atoms with Crippen LogP contribution in [-0.4, -0.2) is 6.29 Å². The Labute approximate surface area is 91.3 Å². The number of hydrogen-bond acceptors (Lipinski definition) is 1. The molecule has 1 radical (unpaired) electrons. The molecule has 0 saturated carbocycles. The van der Waals surface area contributed by atoms with Gasteiger partial charge in [-0.05, 0) is 23.8 Å². The van der Waals surface area contributed by atoms with Crippen molar-refractivity contribution in [1.82, 2.24) is 0 Å². The fourth-order valence-electron chi connectivity index (χ4n) is 1.55. The van der Waals surface area contributed by atoms with Crippen molar-refractivity contribution in [2.45, 2.75) is 0 Å². The Hall–Kier alpha value is -2.03. The van der Waals surface area contributed by atoms with Crippen LogP contribution in [0.2, 0.25) is 0 Å². The van der Waals surface area contributed by atoms with E-state index < -0.39 is 11.6 Å². The molecule has 1 nitrogen and oxygen atoms in total.